The van der Waals surface area contributed by atoms with Gasteiger partial charge in [-0.05, 0) is 44.0 Å². The fourth-order valence-corrected chi connectivity index (χ4v) is 4.49. The fourth-order valence-electron chi connectivity index (χ4n) is 4.49. The topological polar surface area (TPSA) is 90.0 Å². The molecule has 0 spiro atoms. The number of hydrogen-bond donors (Lipinski definition) is 1. The number of benzene rings is 1. The molecule has 2 aliphatic rings. The number of rotatable bonds is 8. The van der Waals surface area contributed by atoms with Crippen molar-refractivity contribution in [2.45, 2.75) is 52.0 Å². The molecule has 1 aromatic rings. The summed E-state index contributed by atoms with van der Waals surface area (Å²) < 4.78 is 0. The van der Waals surface area contributed by atoms with Crippen LogP contribution in [-0.2, 0) is 9.59 Å². The lowest BCUT2D eigenvalue weighted by Gasteiger charge is -2.36. The Kier molecular flexibility index (Phi) is 6.97. The standard InChI is InChI=1S/C23H32N4O4/c1-4-10-23(11-5-2)21(30)27(22(31)24-23)16-20(29)26-14-12-25(13-15-26)19-8-6-18(7-9-19)17(3)28/h6-9H,4-5,10-16H2,1-3H3,(H,24,31). The molecule has 2 aliphatic heterocycles. The highest BCUT2D eigenvalue weighted by Crippen LogP contribution is 2.28. The number of carbonyl (C=O) groups excluding carboxylic acids is 4. The van der Waals surface area contributed by atoms with Crippen LogP contribution in [0.25, 0.3) is 0 Å². The molecule has 168 valence electrons. The fraction of sp³-hybridized carbons (Fsp3) is 0.565. The van der Waals surface area contributed by atoms with Crippen LogP contribution in [-0.4, -0.2) is 71.7 Å². The number of carbonyl (C=O) groups is 4. The van der Waals surface area contributed by atoms with Gasteiger partial charge in [0.05, 0.1) is 0 Å². The van der Waals surface area contributed by atoms with Crippen LogP contribution in [0.4, 0.5) is 10.5 Å². The maximum Gasteiger partial charge on any atom is 0.325 e. The Hall–Kier alpha value is -2.90. The second-order valence-corrected chi connectivity index (χ2v) is 8.37. The molecule has 31 heavy (non-hydrogen) atoms. The molecule has 0 saturated carbocycles. The Labute approximate surface area is 183 Å². The van der Waals surface area contributed by atoms with E-state index in [1.54, 1.807) is 11.8 Å². The van der Waals surface area contributed by atoms with Crippen molar-refractivity contribution < 1.29 is 19.2 Å². The summed E-state index contributed by atoms with van der Waals surface area (Å²) in [5, 5.41) is 2.85. The highest BCUT2D eigenvalue weighted by molar-refractivity contribution is 6.09. The van der Waals surface area contributed by atoms with Crippen molar-refractivity contribution in [1.29, 1.82) is 0 Å². The quantitative estimate of drug-likeness (QED) is 0.507. The predicted octanol–water partition coefficient (Wildman–Crippen LogP) is 2.43. The van der Waals surface area contributed by atoms with Crippen molar-refractivity contribution in [2.24, 2.45) is 0 Å². The maximum absolute atomic E-state index is 13.0. The van der Waals surface area contributed by atoms with Gasteiger partial charge in [0.15, 0.2) is 5.78 Å². The molecule has 0 bridgehead atoms. The number of amides is 4. The van der Waals surface area contributed by atoms with Gasteiger partial charge in [-0.3, -0.25) is 19.3 Å². The van der Waals surface area contributed by atoms with E-state index in [9.17, 15) is 19.2 Å². The van der Waals surface area contributed by atoms with Crippen LogP contribution >= 0.6 is 0 Å². The largest absolute Gasteiger partial charge is 0.368 e. The minimum atomic E-state index is -0.869. The number of ketones is 1. The molecule has 3 rings (SSSR count). The smallest absolute Gasteiger partial charge is 0.325 e. The zero-order chi connectivity index (χ0) is 22.6. The molecule has 2 fully saturated rings. The van der Waals surface area contributed by atoms with Crippen molar-refractivity contribution >= 4 is 29.3 Å². The molecule has 8 heteroatoms. The number of hydrogen-bond acceptors (Lipinski definition) is 5. The third-order valence-corrected chi connectivity index (χ3v) is 6.16. The van der Waals surface area contributed by atoms with E-state index in [-0.39, 0.29) is 24.1 Å². The van der Waals surface area contributed by atoms with Gasteiger partial charge in [-0.25, -0.2) is 4.79 Å². The second-order valence-electron chi connectivity index (χ2n) is 8.37. The molecular formula is C23H32N4O4. The van der Waals surface area contributed by atoms with Gasteiger partial charge in [-0.2, -0.15) is 0 Å². The average molecular weight is 429 g/mol. The van der Waals surface area contributed by atoms with Gasteiger partial charge in [0.1, 0.15) is 12.1 Å². The van der Waals surface area contributed by atoms with E-state index in [1.807, 2.05) is 38.1 Å². The SMILES string of the molecule is CCCC1(CCC)NC(=O)N(CC(=O)N2CCN(c3ccc(C(C)=O)cc3)CC2)C1=O. The predicted molar refractivity (Wildman–Crippen MR) is 118 cm³/mol. The summed E-state index contributed by atoms with van der Waals surface area (Å²) in [5.41, 5.74) is 0.814. The normalized spacial score (nSPS) is 18.4. The Balaban J connectivity index is 1.58. The molecule has 0 atom stereocenters. The first-order valence-electron chi connectivity index (χ1n) is 11.1. The number of imide groups is 1. The molecule has 0 aromatic heterocycles. The Morgan fingerprint density at radius 1 is 0.968 bits per heavy atom. The number of nitrogens with zero attached hydrogens (tertiary/aromatic N) is 3. The van der Waals surface area contributed by atoms with Gasteiger partial charge in [-0.1, -0.05) is 26.7 Å². The Morgan fingerprint density at radius 2 is 1.55 bits per heavy atom. The van der Waals surface area contributed by atoms with E-state index in [0.717, 1.165) is 23.4 Å². The van der Waals surface area contributed by atoms with Gasteiger partial charge < -0.3 is 15.1 Å². The summed E-state index contributed by atoms with van der Waals surface area (Å²) in [4.78, 5) is 54.7. The highest BCUT2D eigenvalue weighted by atomic mass is 16.2. The van der Waals surface area contributed by atoms with E-state index in [1.165, 1.54) is 0 Å². The van der Waals surface area contributed by atoms with Crippen LogP contribution in [0, 0.1) is 0 Å². The minimum Gasteiger partial charge on any atom is -0.368 e. The van der Waals surface area contributed by atoms with E-state index in [2.05, 4.69) is 10.2 Å². The summed E-state index contributed by atoms with van der Waals surface area (Å²) >= 11 is 0. The molecule has 1 aromatic carbocycles. The molecule has 0 radical (unpaired) electrons. The maximum atomic E-state index is 13.0. The number of piperazine rings is 1. The van der Waals surface area contributed by atoms with Crippen LogP contribution in [0.15, 0.2) is 24.3 Å². The van der Waals surface area contributed by atoms with Gasteiger partial charge in [0, 0.05) is 37.4 Å². The molecule has 2 heterocycles. The Morgan fingerprint density at radius 3 is 2.06 bits per heavy atom. The number of anilines is 1. The lowest BCUT2D eigenvalue weighted by atomic mass is 9.88. The highest BCUT2D eigenvalue weighted by Gasteiger charge is 2.50. The van der Waals surface area contributed by atoms with Crippen molar-refractivity contribution in [3.8, 4) is 0 Å². The van der Waals surface area contributed by atoms with E-state index in [0.29, 0.717) is 44.6 Å². The van der Waals surface area contributed by atoms with Crippen molar-refractivity contribution in [3.63, 3.8) is 0 Å². The van der Waals surface area contributed by atoms with E-state index in [4.69, 9.17) is 0 Å². The van der Waals surface area contributed by atoms with Crippen molar-refractivity contribution in [1.82, 2.24) is 15.1 Å². The average Bonchev–Trinajstić information content (AvgIpc) is 2.98. The molecule has 0 aliphatic carbocycles. The van der Waals surface area contributed by atoms with Crippen LogP contribution in [0.5, 0.6) is 0 Å². The Bertz CT molecular complexity index is 838. The summed E-state index contributed by atoms with van der Waals surface area (Å²) in [6, 6.07) is 6.99. The van der Waals surface area contributed by atoms with E-state index >= 15 is 0 Å². The first kappa shape index (κ1) is 22.8. The molecule has 0 unspecified atom stereocenters. The first-order chi connectivity index (χ1) is 14.8. The third-order valence-electron chi connectivity index (χ3n) is 6.16. The molecule has 8 nitrogen and oxygen atoms in total. The molecule has 1 N–H and O–H groups in total. The third kappa shape index (κ3) is 4.73. The summed E-state index contributed by atoms with van der Waals surface area (Å²) in [6.07, 6.45) is 2.72. The van der Waals surface area contributed by atoms with Crippen LogP contribution in [0.1, 0.15) is 56.8 Å². The minimum absolute atomic E-state index is 0.0318. The van der Waals surface area contributed by atoms with Crippen molar-refractivity contribution in [2.75, 3.05) is 37.6 Å². The van der Waals surface area contributed by atoms with Gasteiger partial charge >= 0.3 is 6.03 Å². The molecule has 4 amide bonds. The summed E-state index contributed by atoms with van der Waals surface area (Å²) in [7, 11) is 0. The first-order valence-corrected chi connectivity index (χ1v) is 11.1. The number of nitrogens with one attached hydrogen (secondary N) is 1. The number of Topliss-reactive ketones (excluding diaryl/α,β-unsaturated/α-hetero) is 1. The summed E-state index contributed by atoms with van der Waals surface area (Å²) in [6.45, 7) is 7.64. The monoisotopic (exact) mass is 428 g/mol. The molecular weight excluding hydrogens is 396 g/mol. The lowest BCUT2D eigenvalue weighted by molar-refractivity contribution is -0.139. The summed E-state index contributed by atoms with van der Waals surface area (Å²) in [5.74, 6) is -0.457. The zero-order valence-electron chi connectivity index (χ0n) is 18.6. The van der Waals surface area contributed by atoms with Crippen molar-refractivity contribution in [3.05, 3.63) is 29.8 Å². The van der Waals surface area contributed by atoms with Gasteiger partial charge in [-0.15, -0.1) is 0 Å². The van der Waals surface area contributed by atoms with Crippen LogP contribution in [0.2, 0.25) is 0 Å². The van der Waals surface area contributed by atoms with E-state index < -0.39 is 11.6 Å². The number of urea groups is 1. The zero-order valence-corrected chi connectivity index (χ0v) is 18.6. The lowest BCUT2D eigenvalue weighted by Crippen LogP contribution is -2.52. The molecule has 2 saturated heterocycles. The van der Waals surface area contributed by atoms with Gasteiger partial charge in [0.2, 0.25) is 5.91 Å². The van der Waals surface area contributed by atoms with Gasteiger partial charge in [0.25, 0.3) is 5.91 Å². The second kappa shape index (κ2) is 9.49. The van der Waals surface area contributed by atoms with Crippen LogP contribution in [0.3, 0.4) is 0 Å². The van der Waals surface area contributed by atoms with Crippen LogP contribution < -0.4 is 10.2 Å².